The van der Waals surface area contributed by atoms with E-state index in [1.807, 2.05) is 17.5 Å². The van der Waals surface area contributed by atoms with Crippen LogP contribution in [0.1, 0.15) is 28.5 Å². The number of aromatic nitrogens is 2. The van der Waals surface area contributed by atoms with E-state index in [4.69, 9.17) is 0 Å². The van der Waals surface area contributed by atoms with E-state index in [9.17, 15) is 17.6 Å². The number of thiophene rings is 1. The first-order valence-electron chi connectivity index (χ1n) is 8.78. The standard InChI is InChI=1S/C19H18FN3O3S2/c20-14-5-3-13(4-6-14)11-21-19(24)16-10-17(18-2-1-8-27-18)23(22-16)15-7-9-28(25,26)12-15/h1-6,8,10,15H,7,9,11-12H2,(H,21,24). The molecule has 0 bridgehead atoms. The summed E-state index contributed by atoms with van der Waals surface area (Å²) in [5, 5.41) is 9.13. The van der Waals surface area contributed by atoms with Crippen LogP contribution in [0.5, 0.6) is 0 Å². The Hall–Kier alpha value is -2.52. The maximum absolute atomic E-state index is 13.0. The van der Waals surface area contributed by atoms with E-state index in [2.05, 4.69) is 10.4 Å². The number of nitrogens with zero attached hydrogens (tertiary/aromatic N) is 2. The molecule has 146 valence electrons. The number of halogens is 1. The average molecular weight is 420 g/mol. The summed E-state index contributed by atoms with van der Waals surface area (Å²) in [5.41, 5.74) is 1.74. The molecule has 1 atom stereocenters. The first-order valence-corrected chi connectivity index (χ1v) is 11.5. The highest BCUT2D eigenvalue weighted by Crippen LogP contribution is 2.32. The lowest BCUT2D eigenvalue weighted by Crippen LogP contribution is -2.24. The third-order valence-electron chi connectivity index (χ3n) is 4.66. The molecule has 28 heavy (non-hydrogen) atoms. The van der Waals surface area contributed by atoms with Crippen molar-refractivity contribution in [2.45, 2.75) is 19.0 Å². The first-order chi connectivity index (χ1) is 13.4. The number of carbonyl (C=O) groups excluding carboxylic acids is 1. The Balaban J connectivity index is 1.58. The van der Waals surface area contributed by atoms with E-state index >= 15 is 0 Å². The number of rotatable bonds is 5. The van der Waals surface area contributed by atoms with Crippen LogP contribution in [0.3, 0.4) is 0 Å². The predicted molar refractivity (Wildman–Crippen MR) is 105 cm³/mol. The van der Waals surface area contributed by atoms with Gasteiger partial charge < -0.3 is 5.32 Å². The Morgan fingerprint density at radius 3 is 2.71 bits per heavy atom. The molecule has 4 rings (SSSR count). The Labute approximate surface area is 165 Å². The number of nitrogens with one attached hydrogen (secondary N) is 1. The minimum atomic E-state index is -3.08. The Morgan fingerprint density at radius 1 is 1.29 bits per heavy atom. The minimum absolute atomic E-state index is 0.0314. The fourth-order valence-electron chi connectivity index (χ4n) is 3.24. The van der Waals surface area contributed by atoms with Crippen molar-refractivity contribution in [3.05, 3.63) is 64.9 Å². The van der Waals surface area contributed by atoms with Gasteiger partial charge in [0.1, 0.15) is 5.82 Å². The molecule has 1 aromatic carbocycles. The van der Waals surface area contributed by atoms with Crippen molar-refractivity contribution in [1.29, 1.82) is 0 Å². The molecule has 0 aliphatic carbocycles. The van der Waals surface area contributed by atoms with Gasteiger partial charge >= 0.3 is 0 Å². The summed E-state index contributed by atoms with van der Waals surface area (Å²) in [4.78, 5) is 13.5. The summed E-state index contributed by atoms with van der Waals surface area (Å²) in [6, 6.07) is 11.1. The third-order valence-corrected chi connectivity index (χ3v) is 7.31. The van der Waals surface area contributed by atoms with Gasteiger partial charge in [0.15, 0.2) is 15.5 Å². The maximum Gasteiger partial charge on any atom is 0.272 e. The van der Waals surface area contributed by atoms with E-state index in [1.54, 1.807) is 22.9 Å². The Bertz CT molecular complexity index is 1090. The number of carbonyl (C=O) groups is 1. The monoisotopic (exact) mass is 419 g/mol. The lowest BCUT2D eigenvalue weighted by atomic mass is 10.2. The van der Waals surface area contributed by atoms with Crippen LogP contribution in [-0.4, -0.2) is 35.6 Å². The number of benzene rings is 1. The molecule has 2 aromatic heterocycles. The van der Waals surface area contributed by atoms with E-state index in [-0.39, 0.29) is 41.5 Å². The van der Waals surface area contributed by atoms with Crippen LogP contribution in [0.4, 0.5) is 4.39 Å². The largest absolute Gasteiger partial charge is 0.347 e. The molecule has 0 saturated carbocycles. The summed E-state index contributed by atoms with van der Waals surface area (Å²) in [6.07, 6.45) is 0.485. The summed E-state index contributed by atoms with van der Waals surface area (Å²) >= 11 is 1.51. The van der Waals surface area contributed by atoms with Crippen molar-refractivity contribution in [3.8, 4) is 10.6 Å². The zero-order valence-corrected chi connectivity index (χ0v) is 16.5. The molecule has 1 N–H and O–H groups in total. The second-order valence-electron chi connectivity index (χ2n) is 6.70. The van der Waals surface area contributed by atoms with Gasteiger partial charge in [0.05, 0.1) is 28.1 Å². The number of sulfone groups is 1. The first kappa shape index (κ1) is 18.8. The van der Waals surface area contributed by atoms with Crippen LogP contribution in [0.25, 0.3) is 10.6 Å². The highest BCUT2D eigenvalue weighted by molar-refractivity contribution is 7.91. The van der Waals surface area contributed by atoms with Gasteiger partial charge in [-0.2, -0.15) is 5.10 Å². The molecule has 1 unspecified atom stereocenters. The molecule has 1 fully saturated rings. The van der Waals surface area contributed by atoms with E-state index in [0.29, 0.717) is 6.42 Å². The molecular weight excluding hydrogens is 401 g/mol. The van der Waals surface area contributed by atoms with Crippen molar-refractivity contribution in [1.82, 2.24) is 15.1 Å². The highest BCUT2D eigenvalue weighted by Gasteiger charge is 2.32. The zero-order valence-electron chi connectivity index (χ0n) is 14.8. The van der Waals surface area contributed by atoms with Crippen LogP contribution in [0, 0.1) is 5.82 Å². The lowest BCUT2D eigenvalue weighted by Gasteiger charge is -2.12. The minimum Gasteiger partial charge on any atom is -0.347 e. The normalized spacial score (nSPS) is 18.2. The average Bonchev–Trinajstić information content (AvgIpc) is 3.39. The molecule has 3 aromatic rings. The van der Waals surface area contributed by atoms with Crippen molar-refractivity contribution < 1.29 is 17.6 Å². The third kappa shape index (κ3) is 4.00. The van der Waals surface area contributed by atoms with Crippen molar-refractivity contribution in [2.24, 2.45) is 0 Å². The van der Waals surface area contributed by atoms with Gasteiger partial charge in [-0.15, -0.1) is 11.3 Å². The molecule has 1 amide bonds. The molecule has 0 radical (unpaired) electrons. The molecule has 0 spiro atoms. The van der Waals surface area contributed by atoms with Crippen LogP contribution in [0.15, 0.2) is 47.8 Å². The highest BCUT2D eigenvalue weighted by atomic mass is 32.2. The van der Waals surface area contributed by atoms with Crippen molar-refractivity contribution in [2.75, 3.05) is 11.5 Å². The van der Waals surface area contributed by atoms with Crippen LogP contribution in [0.2, 0.25) is 0 Å². The SMILES string of the molecule is O=C(NCc1ccc(F)cc1)c1cc(-c2cccs2)n(C2CCS(=O)(=O)C2)n1. The van der Waals surface area contributed by atoms with Crippen molar-refractivity contribution >= 4 is 27.1 Å². The molecule has 1 aliphatic rings. The fourth-order valence-corrected chi connectivity index (χ4v) is 5.66. The van der Waals surface area contributed by atoms with Gasteiger partial charge in [0.2, 0.25) is 0 Å². The number of hydrogen-bond donors (Lipinski definition) is 1. The molecular formula is C19H18FN3O3S2. The molecule has 1 aliphatic heterocycles. The Kier molecular flexibility index (Phi) is 5.03. The summed E-state index contributed by atoms with van der Waals surface area (Å²) < 4.78 is 38.4. The predicted octanol–water partition coefficient (Wildman–Crippen LogP) is 3.04. The fraction of sp³-hybridized carbons (Fsp3) is 0.263. The second-order valence-corrected chi connectivity index (χ2v) is 9.88. The molecule has 1 saturated heterocycles. The summed E-state index contributed by atoms with van der Waals surface area (Å²) in [7, 11) is -3.08. The van der Waals surface area contributed by atoms with Crippen LogP contribution >= 0.6 is 11.3 Å². The molecule has 3 heterocycles. The molecule has 9 heteroatoms. The van der Waals surface area contributed by atoms with Gasteiger partial charge in [-0.3, -0.25) is 9.48 Å². The van der Waals surface area contributed by atoms with Crippen LogP contribution in [-0.2, 0) is 16.4 Å². The number of hydrogen-bond acceptors (Lipinski definition) is 5. The van der Waals surface area contributed by atoms with Gasteiger partial charge in [0.25, 0.3) is 5.91 Å². The van der Waals surface area contributed by atoms with E-state index in [0.717, 1.165) is 16.1 Å². The van der Waals surface area contributed by atoms with Gasteiger partial charge in [-0.25, -0.2) is 12.8 Å². The van der Waals surface area contributed by atoms with E-state index in [1.165, 1.54) is 23.5 Å². The van der Waals surface area contributed by atoms with Gasteiger partial charge in [-0.05, 0) is 41.6 Å². The van der Waals surface area contributed by atoms with Gasteiger partial charge in [0, 0.05) is 6.54 Å². The zero-order chi connectivity index (χ0) is 19.7. The summed E-state index contributed by atoms with van der Waals surface area (Å²) in [5.74, 6) is -0.528. The quantitative estimate of drug-likeness (QED) is 0.689. The van der Waals surface area contributed by atoms with E-state index < -0.39 is 9.84 Å². The van der Waals surface area contributed by atoms with Gasteiger partial charge in [-0.1, -0.05) is 18.2 Å². The Morgan fingerprint density at radius 2 is 2.07 bits per heavy atom. The van der Waals surface area contributed by atoms with Crippen LogP contribution < -0.4 is 5.32 Å². The van der Waals surface area contributed by atoms with Crippen molar-refractivity contribution in [3.63, 3.8) is 0 Å². The molecule has 6 nitrogen and oxygen atoms in total. The lowest BCUT2D eigenvalue weighted by molar-refractivity contribution is 0.0945. The number of amides is 1. The summed E-state index contributed by atoms with van der Waals surface area (Å²) in [6.45, 7) is 0.248. The topological polar surface area (TPSA) is 81.1 Å². The smallest absolute Gasteiger partial charge is 0.272 e. The maximum atomic E-state index is 13.0. The second kappa shape index (κ2) is 7.48.